The van der Waals surface area contributed by atoms with Gasteiger partial charge >= 0.3 is 0 Å². The van der Waals surface area contributed by atoms with E-state index < -0.39 is 0 Å². The Labute approximate surface area is 132 Å². The fraction of sp³-hybridized carbons (Fsp3) is 0.368. The number of aryl methyl sites for hydroxylation is 1. The van der Waals surface area contributed by atoms with Crippen molar-refractivity contribution in [1.82, 2.24) is 4.90 Å². The van der Waals surface area contributed by atoms with Crippen LogP contribution < -0.4 is 5.32 Å². The number of nitrogens with zero attached hydrogens (tertiary/aromatic N) is 1. The molecule has 22 heavy (non-hydrogen) atoms. The summed E-state index contributed by atoms with van der Waals surface area (Å²) in [5.74, 6) is -0.0949. The molecule has 1 aliphatic rings. The molecule has 1 saturated heterocycles. The van der Waals surface area contributed by atoms with Crippen LogP contribution in [-0.4, -0.2) is 24.0 Å². The summed E-state index contributed by atoms with van der Waals surface area (Å²) < 4.78 is 13.7. The molecule has 0 bridgehead atoms. The van der Waals surface area contributed by atoms with Crippen molar-refractivity contribution in [1.29, 1.82) is 0 Å². The fourth-order valence-corrected chi connectivity index (χ4v) is 3.07. The molecule has 0 unspecified atom stereocenters. The Bertz CT molecular complexity index is 618. The van der Waals surface area contributed by atoms with E-state index in [1.165, 1.54) is 11.3 Å². The second-order valence-corrected chi connectivity index (χ2v) is 6.16. The Hall–Kier alpha value is -1.87. The highest BCUT2D eigenvalue weighted by molar-refractivity contribution is 5.46. The third-order valence-electron chi connectivity index (χ3n) is 4.33. The number of likely N-dealkylation sites (tertiary alicyclic amines) is 1. The van der Waals surface area contributed by atoms with Crippen LogP contribution in [0.4, 0.5) is 10.1 Å². The zero-order valence-corrected chi connectivity index (χ0v) is 13.1. The topological polar surface area (TPSA) is 15.3 Å². The standard InChI is InChI=1S/C19H23FN2/c1-15-5-4-7-18(13-15)21-17-9-11-22(12-10-17)14-16-6-2-3-8-19(16)20/h2-8,13,17,21H,9-12,14H2,1H3. The molecular formula is C19H23FN2. The minimum absolute atomic E-state index is 0.0949. The number of halogens is 1. The average molecular weight is 298 g/mol. The Morgan fingerprint density at radius 2 is 1.86 bits per heavy atom. The van der Waals surface area contributed by atoms with Gasteiger partial charge in [0, 0.05) is 36.9 Å². The van der Waals surface area contributed by atoms with Crippen molar-refractivity contribution in [3.05, 3.63) is 65.5 Å². The van der Waals surface area contributed by atoms with E-state index in [2.05, 4.69) is 41.4 Å². The third-order valence-corrected chi connectivity index (χ3v) is 4.33. The lowest BCUT2D eigenvalue weighted by atomic mass is 10.0. The van der Waals surface area contributed by atoms with Crippen molar-refractivity contribution in [2.45, 2.75) is 32.4 Å². The van der Waals surface area contributed by atoms with E-state index in [9.17, 15) is 4.39 Å². The predicted octanol–water partition coefficient (Wildman–Crippen LogP) is 4.21. The molecule has 0 radical (unpaired) electrons. The van der Waals surface area contributed by atoms with Gasteiger partial charge in [0.05, 0.1) is 0 Å². The number of benzene rings is 2. The number of rotatable bonds is 4. The molecule has 0 atom stereocenters. The van der Waals surface area contributed by atoms with Crippen molar-refractivity contribution >= 4 is 5.69 Å². The van der Waals surface area contributed by atoms with Gasteiger partial charge in [0.1, 0.15) is 5.82 Å². The molecule has 0 aromatic heterocycles. The lowest BCUT2D eigenvalue weighted by Gasteiger charge is -2.33. The van der Waals surface area contributed by atoms with Crippen molar-refractivity contribution < 1.29 is 4.39 Å². The van der Waals surface area contributed by atoms with Crippen LogP contribution in [0.25, 0.3) is 0 Å². The lowest BCUT2D eigenvalue weighted by molar-refractivity contribution is 0.209. The van der Waals surface area contributed by atoms with Gasteiger partial charge in [-0.15, -0.1) is 0 Å². The molecule has 2 aromatic rings. The van der Waals surface area contributed by atoms with Gasteiger partial charge in [-0.05, 0) is 43.5 Å². The molecule has 1 heterocycles. The first kappa shape index (κ1) is 15.0. The van der Waals surface area contributed by atoms with Crippen LogP contribution in [0.2, 0.25) is 0 Å². The minimum atomic E-state index is -0.0949. The van der Waals surface area contributed by atoms with Crippen LogP contribution in [-0.2, 0) is 6.54 Å². The summed E-state index contributed by atoms with van der Waals surface area (Å²) in [6, 6.07) is 16.1. The zero-order chi connectivity index (χ0) is 15.4. The molecule has 1 N–H and O–H groups in total. The Kier molecular flexibility index (Phi) is 4.74. The van der Waals surface area contributed by atoms with Crippen LogP contribution in [0.1, 0.15) is 24.0 Å². The molecule has 0 amide bonds. The highest BCUT2D eigenvalue weighted by Crippen LogP contribution is 2.19. The van der Waals surface area contributed by atoms with Crippen LogP contribution in [0.5, 0.6) is 0 Å². The van der Waals surface area contributed by atoms with Gasteiger partial charge in [0.2, 0.25) is 0 Å². The molecule has 0 aliphatic carbocycles. The SMILES string of the molecule is Cc1cccc(NC2CCN(Cc3ccccc3F)CC2)c1. The van der Waals surface area contributed by atoms with Crippen molar-refractivity contribution in [2.75, 3.05) is 18.4 Å². The van der Waals surface area contributed by atoms with Crippen molar-refractivity contribution in [2.24, 2.45) is 0 Å². The first-order valence-electron chi connectivity index (χ1n) is 8.00. The molecule has 0 saturated carbocycles. The molecular weight excluding hydrogens is 275 g/mol. The molecule has 3 rings (SSSR count). The number of anilines is 1. The van der Waals surface area contributed by atoms with Crippen LogP contribution in [0, 0.1) is 12.7 Å². The van der Waals surface area contributed by atoms with Gasteiger partial charge in [-0.2, -0.15) is 0 Å². The monoisotopic (exact) mass is 298 g/mol. The van der Waals surface area contributed by atoms with Crippen molar-refractivity contribution in [3.63, 3.8) is 0 Å². The van der Waals surface area contributed by atoms with E-state index in [1.54, 1.807) is 12.1 Å². The van der Waals surface area contributed by atoms with Gasteiger partial charge in [-0.3, -0.25) is 4.90 Å². The first-order valence-corrected chi connectivity index (χ1v) is 8.00. The van der Waals surface area contributed by atoms with Crippen LogP contribution in [0.3, 0.4) is 0 Å². The largest absolute Gasteiger partial charge is 0.382 e. The maximum Gasteiger partial charge on any atom is 0.127 e. The summed E-state index contributed by atoms with van der Waals surface area (Å²) >= 11 is 0. The smallest absolute Gasteiger partial charge is 0.127 e. The summed E-state index contributed by atoms with van der Waals surface area (Å²) in [6.45, 7) is 4.85. The van der Waals surface area contributed by atoms with Gasteiger partial charge in [0.25, 0.3) is 0 Å². The predicted molar refractivity (Wildman–Crippen MR) is 89.5 cm³/mol. The summed E-state index contributed by atoms with van der Waals surface area (Å²) in [7, 11) is 0. The molecule has 1 fully saturated rings. The van der Waals surface area contributed by atoms with E-state index in [0.29, 0.717) is 12.6 Å². The highest BCUT2D eigenvalue weighted by atomic mass is 19.1. The second kappa shape index (κ2) is 6.93. The first-order chi connectivity index (χ1) is 10.7. The summed E-state index contributed by atoms with van der Waals surface area (Å²) in [5.41, 5.74) is 3.28. The maximum atomic E-state index is 13.7. The molecule has 1 aliphatic heterocycles. The van der Waals surface area contributed by atoms with Gasteiger partial charge in [-0.1, -0.05) is 30.3 Å². The van der Waals surface area contributed by atoms with Gasteiger partial charge in [0.15, 0.2) is 0 Å². The van der Waals surface area contributed by atoms with Crippen LogP contribution >= 0.6 is 0 Å². The molecule has 2 nitrogen and oxygen atoms in total. The number of hydrogen-bond donors (Lipinski definition) is 1. The summed E-state index contributed by atoms with van der Waals surface area (Å²) in [6.07, 6.45) is 2.20. The number of hydrogen-bond acceptors (Lipinski definition) is 2. The van der Waals surface area contributed by atoms with Gasteiger partial charge < -0.3 is 5.32 Å². The minimum Gasteiger partial charge on any atom is -0.382 e. The van der Waals surface area contributed by atoms with E-state index >= 15 is 0 Å². The average Bonchev–Trinajstić information content (AvgIpc) is 2.52. The van der Waals surface area contributed by atoms with E-state index in [4.69, 9.17) is 0 Å². The number of nitrogens with one attached hydrogen (secondary N) is 1. The normalized spacial score (nSPS) is 16.6. The van der Waals surface area contributed by atoms with Gasteiger partial charge in [-0.25, -0.2) is 4.39 Å². The summed E-state index contributed by atoms with van der Waals surface area (Å²) in [4.78, 5) is 2.34. The fourth-order valence-electron chi connectivity index (χ4n) is 3.07. The molecule has 116 valence electrons. The Morgan fingerprint density at radius 3 is 2.59 bits per heavy atom. The zero-order valence-electron chi connectivity index (χ0n) is 13.1. The number of piperidine rings is 1. The Balaban J connectivity index is 1.51. The maximum absolute atomic E-state index is 13.7. The van der Waals surface area contributed by atoms with Crippen molar-refractivity contribution in [3.8, 4) is 0 Å². The molecule has 2 aromatic carbocycles. The third kappa shape index (κ3) is 3.86. The highest BCUT2D eigenvalue weighted by Gasteiger charge is 2.19. The van der Waals surface area contributed by atoms with E-state index in [0.717, 1.165) is 31.5 Å². The quantitative estimate of drug-likeness (QED) is 0.909. The van der Waals surface area contributed by atoms with E-state index in [1.807, 2.05) is 12.1 Å². The Morgan fingerprint density at radius 1 is 1.09 bits per heavy atom. The second-order valence-electron chi connectivity index (χ2n) is 6.16. The molecule has 3 heteroatoms. The van der Waals surface area contributed by atoms with E-state index in [-0.39, 0.29) is 5.82 Å². The molecule has 0 spiro atoms. The van der Waals surface area contributed by atoms with Crippen LogP contribution in [0.15, 0.2) is 48.5 Å². The lowest BCUT2D eigenvalue weighted by Crippen LogP contribution is -2.38. The summed E-state index contributed by atoms with van der Waals surface area (Å²) in [5, 5.41) is 3.62.